The summed E-state index contributed by atoms with van der Waals surface area (Å²) < 4.78 is 24.8. The highest BCUT2D eigenvalue weighted by Gasteiger charge is 2.21. The molecule has 0 atom stereocenters. The summed E-state index contributed by atoms with van der Waals surface area (Å²) >= 11 is 5.73. The van der Waals surface area contributed by atoms with Crippen molar-refractivity contribution in [2.45, 2.75) is 6.42 Å². The zero-order valence-corrected chi connectivity index (χ0v) is 11.8. The number of carbonyl (C=O) groups excluding carboxylic acids is 1. The third kappa shape index (κ3) is 2.72. The van der Waals surface area contributed by atoms with E-state index in [0.717, 1.165) is 0 Å². The second-order valence-corrected chi connectivity index (χ2v) is 5.05. The van der Waals surface area contributed by atoms with Gasteiger partial charge in [-0.1, -0.05) is 29.8 Å². The Balaban J connectivity index is 1.91. The number of hydrogen-bond donors (Lipinski definition) is 0. The number of fused-ring (bicyclic) bond motifs is 1. The van der Waals surface area contributed by atoms with Gasteiger partial charge in [-0.3, -0.25) is 4.79 Å². The first-order chi connectivity index (χ1) is 10.2. The summed E-state index contributed by atoms with van der Waals surface area (Å²) in [6, 6.07) is 9.73. The fourth-order valence-corrected chi connectivity index (χ4v) is 2.44. The molecule has 0 unspecified atom stereocenters. The Labute approximate surface area is 126 Å². The molecule has 0 bridgehead atoms. The van der Waals surface area contributed by atoms with E-state index in [1.165, 1.54) is 6.07 Å². The van der Waals surface area contributed by atoms with Crippen LogP contribution in [0.15, 0.2) is 36.4 Å². The molecule has 108 valence electrons. The SMILES string of the molecule is O=C(Cc1cccc(Cl)c1F)c1cccc2c1OCCO2. The molecular weight excluding hydrogens is 295 g/mol. The van der Waals surface area contributed by atoms with Gasteiger partial charge in [-0.15, -0.1) is 0 Å². The summed E-state index contributed by atoms with van der Waals surface area (Å²) in [5.74, 6) is 0.169. The van der Waals surface area contributed by atoms with Crippen LogP contribution in [-0.4, -0.2) is 19.0 Å². The molecule has 21 heavy (non-hydrogen) atoms. The Morgan fingerprint density at radius 3 is 2.76 bits per heavy atom. The maximum Gasteiger partial charge on any atom is 0.172 e. The Morgan fingerprint density at radius 2 is 1.90 bits per heavy atom. The molecule has 2 aromatic carbocycles. The van der Waals surface area contributed by atoms with Crippen LogP contribution in [0.3, 0.4) is 0 Å². The number of hydrogen-bond acceptors (Lipinski definition) is 3. The second-order valence-electron chi connectivity index (χ2n) is 4.64. The molecular formula is C16H12ClFO3. The van der Waals surface area contributed by atoms with E-state index in [-0.39, 0.29) is 22.8 Å². The van der Waals surface area contributed by atoms with Gasteiger partial charge in [0.1, 0.15) is 19.0 Å². The topological polar surface area (TPSA) is 35.5 Å². The molecule has 1 aliphatic heterocycles. The molecule has 2 aromatic rings. The van der Waals surface area contributed by atoms with Gasteiger partial charge in [0.25, 0.3) is 0 Å². The number of halogens is 2. The predicted molar refractivity (Wildman–Crippen MR) is 76.9 cm³/mol. The van der Waals surface area contributed by atoms with Crippen molar-refractivity contribution in [3.63, 3.8) is 0 Å². The molecule has 0 amide bonds. The fraction of sp³-hybridized carbons (Fsp3) is 0.188. The number of rotatable bonds is 3. The Hall–Kier alpha value is -2.07. The van der Waals surface area contributed by atoms with Gasteiger partial charge in [-0.25, -0.2) is 4.39 Å². The molecule has 0 aromatic heterocycles. The molecule has 0 spiro atoms. The molecule has 1 heterocycles. The predicted octanol–water partition coefficient (Wildman–Crippen LogP) is 3.68. The quantitative estimate of drug-likeness (QED) is 0.812. The summed E-state index contributed by atoms with van der Waals surface area (Å²) in [6.45, 7) is 0.844. The van der Waals surface area contributed by atoms with Gasteiger partial charge in [0.05, 0.1) is 10.6 Å². The standard InChI is InChI=1S/C16H12ClFO3/c17-12-5-1-3-10(15(12)18)9-13(19)11-4-2-6-14-16(11)21-8-7-20-14/h1-6H,7-9H2. The minimum Gasteiger partial charge on any atom is -0.486 e. The van der Waals surface area contributed by atoms with Crippen molar-refractivity contribution in [2.75, 3.05) is 13.2 Å². The van der Waals surface area contributed by atoms with Crippen molar-refractivity contribution in [1.29, 1.82) is 0 Å². The summed E-state index contributed by atoms with van der Waals surface area (Å²) in [7, 11) is 0. The molecule has 0 N–H and O–H groups in total. The average Bonchev–Trinajstić information content (AvgIpc) is 2.51. The van der Waals surface area contributed by atoms with Crippen molar-refractivity contribution < 1.29 is 18.7 Å². The maximum absolute atomic E-state index is 13.9. The number of Topliss-reactive ketones (excluding diaryl/α,β-unsaturated/α-hetero) is 1. The molecule has 3 nitrogen and oxygen atoms in total. The third-order valence-corrected chi connectivity index (χ3v) is 3.54. The van der Waals surface area contributed by atoms with Crippen LogP contribution in [0, 0.1) is 5.82 Å². The van der Waals surface area contributed by atoms with Crippen LogP contribution in [0.25, 0.3) is 0 Å². The zero-order valence-electron chi connectivity index (χ0n) is 11.1. The Morgan fingerprint density at radius 1 is 1.14 bits per heavy atom. The lowest BCUT2D eigenvalue weighted by molar-refractivity contribution is 0.0980. The van der Waals surface area contributed by atoms with Gasteiger partial charge in [0, 0.05) is 6.42 Å². The largest absolute Gasteiger partial charge is 0.486 e. The van der Waals surface area contributed by atoms with Crippen LogP contribution in [0.5, 0.6) is 11.5 Å². The van der Waals surface area contributed by atoms with Crippen LogP contribution in [0.1, 0.15) is 15.9 Å². The summed E-state index contributed by atoms with van der Waals surface area (Å²) in [5, 5.41) is 0.00924. The Bertz CT molecular complexity index is 700. The van der Waals surface area contributed by atoms with Gasteiger partial charge in [-0.2, -0.15) is 0 Å². The van der Waals surface area contributed by atoms with Crippen LogP contribution >= 0.6 is 11.6 Å². The van der Waals surface area contributed by atoms with E-state index in [1.54, 1.807) is 30.3 Å². The van der Waals surface area contributed by atoms with Crippen molar-refractivity contribution >= 4 is 17.4 Å². The van der Waals surface area contributed by atoms with Gasteiger partial charge in [-0.05, 0) is 23.8 Å². The van der Waals surface area contributed by atoms with Crippen molar-refractivity contribution in [2.24, 2.45) is 0 Å². The van der Waals surface area contributed by atoms with E-state index in [2.05, 4.69) is 0 Å². The second kappa shape index (κ2) is 5.74. The monoisotopic (exact) mass is 306 g/mol. The van der Waals surface area contributed by atoms with Gasteiger partial charge < -0.3 is 9.47 Å². The molecule has 0 aliphatic carbocycles. The summed E-state index contributed by atoms with van der Waals surface area (Å²) in [5.41, 5.74) is 0.661. The van der Waals surface area contributed by atoms with Crippen LogP contribution < -0.4 is 9.47 Å². The normalized spacial score (nSPS) is 13.0. The minimum absolute atomic E-state index is 0.00924. The lowest BCUT2D eigenvalue weighted by Crippen LogP contribution is -2.18. The molecule has 0 radical (unpaired) electrons. The van der Waals surface area contributed by atoms with E-state index in [0.29, 0.717) is 30.3 Å². The molecule has 0 fully saturated rings. The van der Waals surface area contributed by atoms with Crippen LogP contribution in [0.2, 0.25) is 5.02 Å². The first kappa shape index (κ1) is 13.9. The smallest absolute Gasteiger partial charge is 0.172 e. The van der Waals surface area contributed by atoms with Crippen molar-refractivity contribution in [1.82, 2.24) is 0 Å². The first-order valence-electron chi connectivity index (χ1n) is 6.51. The van der Waals surface area contributed by atoms with E-state index < -0.39 is 5.82 Å². The lowest BCUT2D eigenvalue weighted by Gasteiger charge is -2.20. The van der Waals surface area contributed by atoms with Gasteiger partial charge in [0.2, 0.25) is 0 Å². The maximum atomic E-state index is 13.9. The molecule has 0 saturated heterocycles. The summed E-state index contributed by atoms with van der Waals surface area (Å²) in [6.07, 6.45) is -0.0772. The van der Waals surface area contributed by atoms with Crippen molar-refractivity contribution in [3.05, 3.63) is 58.4 Å². The average molecular weight is 307 g/mol. The molecule has 3 rings (SSSR count). The first-order valence-corrected chi connectivity index (χ1v) is 6.89. The van der Waals surface area contributed by atoms with E-state index >= 15 is 0 Å². The van der Waals surface area contributed by atoms with E-state index in [9.17, 15) is 9.18 Å². The highest BCUT2D eigenvalue weighted by Crippen LogP contribution is 2.34. The fourth-order valence-electron chi connectivity index (χ4n) is 2.25. The van der Waals surface area contributed by atoms with Gasteiger partial charge in [0.15, 0.2) is 17.3 Å². The summed E-state index contributed by atoms with van der Waals surface area (Å²) in [4.78, 5) is 12.4. The highest BCUT2D eigenvalue weighted by molar-refractivity contribution is 6.30. The number of ketones is 1. The van der Waals surface area contributed by atoms with Crippen LogP contribution in [-0.2, 0) is 6.42 Å². The molecule has 1 aliphatic rings. The molecule has 0 saturated carbocycles. The highest BCUT2D eigenvalue weighted by atomic mass is 35.5. The number of para-hydroxylation sites is 1. The minimum atomic E-state index is -0.561. The lowest BCUT2D eigenvalue weighted by atomic mass is 10.0. The molecule has 5 heteroatoms. The van der Waals surface area contributed by atoms with Crippen LogP contribution in [0.4, 0.5) is 4.39 Å². The van der Waals surface area contributed by atoms with E-state index in [1.807, 2.05) is 0 Å². The zero-order chi connectivity index (χ0) is 14.8. The third-order valence-electron chi connectivity index (χ3n) is 3.25. The number of ether oxygens (including phenoxy) is 2. The Kier molecular flexibility index (Phi) is 3.80. The van der Waals surface area contributed by atoms with Gasteiger partial charge >= 0.3 is 0 Å². The van der Waals surface area contributed by atoms with Crippen molar-refractivity contribution in [3.8, 4) is 11.5 Å². The number of benzene rings is 2. The number of carbonyl (C=O) groups is 1. The van der Waals surface area contributed by atoms with E-state index in [4.69, 9.17) is 21.1 Å².